The maximum Gasteiger partial charge on any atom is 0.170 e. The van der Waals surface area contributed by atoms with Gasteiger partial charge < -0.3 is 9.47 Å². The summed E-state index contributed by atoms with van der Waals surface area (Å²) in [6, 6.07) is 3.41. The summed E-state index contributed by atoms with van der Waals surface area (Å²) in [4.78, 5) is 11.8. The maximum absolute atomic E-state index is 11.8. The lowest BCUT2D eigenvalue weighted by atomic mass is 10.1. The third kappa shape index (κ3) is 2.44. The van der Waals surface area contributed by atoms with E-state index in [-0.39, 0.29) is 12.2 Å². The van der Waals surface area contributed by atoms with Gasteiger partial charge in [-0.15, -0.1) is 6.58 Å². The molecule has 0 heterocycles. The highest BCUT2D eigenvalue weighted by molar-refractivity contribution is 9.10. The van der Waals surface area contributed by atoms with Gasteiger partial charge in [-0.25, -0.2) is 0 Å². The number of rotatable bonds is 5. The number of methoxy groups -OCH3 is 2. The van der Waals surface area contributed by atoms with E-state index in [1.165, 1.54) is 7.11 Å². The molecule has 0 atom stereocenters. The third-order valence-corrected chi connectivity index (χ3v) is 2.87. The van der Waals surface area contributed by atoms with E-state index in [9.17, 15) is 4.79 Å². The molecule has 16 heavy (non-hydrogen) atoms. The Morgan fingerprint density at radius 2 is 2.12 bits per heavy atom. The fourth-order valence-electron chi connectivity index (χ4n) is 1.36. The Hall–Kier alpha value is -1.29. The first-order valence-electron chi connectivity index (χ1n) is 4.70. The van der Waals surface area contributed by atoms with Gasteiger partial charge in [-0.05, 0) is 28.1 Å². The molecule has 0 aromatic heterocycles. The van der Waals surface area contributed by atoms with Crippen LogP contribution in [0, 0.1) is 0 Å². The van der Waals surface area contributed by atoms with Crippen LogP contribution in [0.3, 0.4) is 0 Å². The number of hydrogen-bond donors (Lipinski definition) is 0. The summed E-state index contributed by atoms with van der Waals surface area (Å²) in [5.41, 5.74) is 0.523. The van der Waals surface area contributed by atoms with E-state index in [0.717, 1.165) is 0 Å². The van der Waals surface area contributed by atoms with Crippen LogP contribution >= 0.6 is 15.9 Å². The minimum Gasteiger partial charge on any atom is -0.495 e. The van der Waals surface area contributed by atoms with Crippen molar-refractivity contribution >= 4 is 21.7 Å². The van der Waals surface area contributed by atoms with Gasteiger partial charge >= 0.3 is 0 Å². The Labute approximate surface area is 103 Å². The molecule has 0 saturated carbocycles. The monoisotopic (exact) mass is 284 g/mol. The van der Waals surface area contributed by atoms with Gasteiger partial charge in [-0.2, -0.15) is 0 Å². The molecule has 0 fully saturated rings. The highest BCUT2D eigenvalue weighted by Gasteiger charge is 2.16. The molecular weight excluding hydrogens is 272 g/mol. The van der Waals surface area contributed by atoms with E-state index in [0.29, 0.717) is 21.5 Å². The second-order valence-corrected chi connectivity index (χ2v) is 3.87. The summed E-state index contributed by atoms with van der Waals surface area (Å²) < 4.78 is 11.0. The molecule has 0 spiro atoms. The Kier molecular flexibility index (Phi) is 4.55. The van der Waals surface area contributed by atoms with Gasteiger partial charge in [-0.1, -0.05) is 6.08 Å². The van der Waals surface area contributed by atoms with Crippen LogP contribution in [-0.2, 0) is 0 Å². The van der Waals surface area contributed by atoms with Gasteiger partial charge in [0.05, 0.1) is 19.8 Å². The first kappa shape index (κ1) is 12.8. The van der Waals surface area contributed by atoms with Crippen molar-refractivity contribution in [1.82, 2.24) is 0 Å². The van der Waals surface area contributed by atoms with E-state index in [1.54, 1.807) is 25.3 Å². The van der Waals surface area contributed by atoms with Crippen LogP contribution in [0.2, 0.25) is 0 Å². The molecule has 1 aromatic carbocycles. The standard InChI is InChI=1S/C12H13BrO3/c1-4-5-9(14)8-6-7-10(15-2)11(13)12(8)16-3/h4,6-7H,1,5H2,2-3H3. The van der Waals surface area contributed by atoms with Gasteiger partial charge in [-0.3, -0.25) is 4.79 Å². The SMILES string of the molecule is C=CCC(=O)c1ccc(OC)c(Br)c1OC. The van der Waals surface area contributed by atoms with Crippen molar-refractivity contribution in [2.24, 2.45) is 0 Å². The molecule has 0 amide bonds. The molecule has 1 rings (SSSR count). The minimum absolute atomic E-state index is 0.0322. The zero-order valence-electron chi connectivity index (χ0n) is 9.25. The quantitative estimate of drug-likeness (QED) is 0.615. The summed E-state index contributed by atoms with van der Waals surface area (Å²) in [5.74, 6) is 1.09. The second kappa shape index (κ2) is 5.70. The summed E-state index contributed by atoms with van der Waals surface area (Å²) in [5, 5.41) is 0. The molecule has 0 aliphatic heterocycles. The fraction of sp³-hybridized carbons (Fsp3) is 0.250. The summed E-state index contributed by atoms with van der Waals surface area (Å²) in [7, 11) is 3.08. The molecule has 4 heteroatoms. The molecule has 0 radical (unpaired) electrons. The lowest BCUT2D eigenvalue weighted by Gasteiger charge is -2.11. The van der Waals surface area contributed by atoms with Crippen LogP contribution in [0.1, 0.15) is 16.8 Å². The highest BCUT2D eigenvalue weighted by Crippen LogP contribution is 2.37. The first-order chi connectivity index (χ1) is 7.65. The van der Waals surface area contributed by atoms with Gasteiger partial charge in [0.25, 0.3) is 0 Å². The zero-order valence-corrected chi connectivity index (χ0v) is 10.8. The molecule has 0 bridgehead atoms. The maximum atomic E-state index is 11.8. The van der Waals surface area contributed by atoms with Crippen molar-refractivity contribution in [2.45, 2.75) is 6.42 Å². The van der Waals surface area contributed by atoms with E-state index in [4.69, 9.17) is 9.47 Å². The Morgan fingerprint density at radius 3 is 2.62 bits per heavy atom. The first-order valence-corrected chi connectivity index (χ1v) is 5.49. The Balaban J connectivity index is 3.25. The van der Waals surface area contributed by atoms with Crippen LogP contribution in [0.25, 0.3) is 0 Å². The molecule has 0 N–H and O–H groups in total. The van der Waals surface area contributed by atoms with Crippen molar-refractivity contribution in [1.29, 1.82) is 0 Å². The normalized spacial score (nSPS) is 9.69. The van der Waals surface area contributed by atoms with E-state index in [1.807, 2.05) is 0 Å². The third-order valence-electron chi connectivity index (χ3n) is 2.12. The van der Waals surface area contributed by atoms with Gasteiger partial charge in [0.15, 0.2) is 5.78 Å². The summed E-state index contributed by atoms with van der Waals surface area (Å²) >= 11 is 3.34. The lowest BCUT2D eigenvalue weighted by Crippen LogP contribution is -2.02. The van der Waals surface area contributed by atoms with Crippen molar-refractivity contribution < 1.29 is 14.3 Å². The minimum atomic E-state index is -0.0322. The van der Waals surface area contributed by atoms with E-state index >= 15 is 0 Å². The molecule has 0 saturated heterocycles. The van der Waals surface area contributed by atoms with Gasteiger partial charge in [0.1, 0.15) is 16.0 Å². The number of carbonyl (C=O) groups is 1. The van der Waals surface area contributed by atoms with Crippen LogP contribution in [0.5, 0.6) is 11.5 Å². The molecule has 3 nitrogen and oxygen atoms in total. The molecule has 0 aliphatic rings. The van der Waals surface area contributed by atoms with Crippen molar-refractivity contribution in [3.05, 3.63) is 34.8 Å². The zero-order chi connectivity index (χ0) is 12.1. The number of Topliss-reactive ketones (excluding diaryl/α,β-unsaturated/α-hetero) is 1. The number of halogens is 1. The smallest absolute Gasteiger partial charge is 0.170 e. The number of allylic oxidation sites excluding steroid dienone is 1. The van der Waals surface area contributed by atoms with Gasteiger partial charge in [0.2, 0.25) is 0 Å². The van der Waals surface area contributed by atoms with Crippen molar-refractivity contribution in [3.8, 4) is 11.5 Å². The number of benzene rings is 1. The fourth-order valence-corrected chi connectivity index (χ4v) is 2.03. The summed E-state index contributed by atoms with van der Waals surface area (Å²) in [6.45, 7) is 3.54. The average Bonchev–Trinajstić information content (AvgIpc) is 2.28. The van der Waals surface area contributed by atoms with Crippen LogP contribution < -0.4 is 9.47 Å². The van der Waals surface area contributed by atoms with Crippen LogP contribution in [0.15, 0.2) is 29.3 Å². The van der Waals surface area contributed by atoms with Crippen LogP contribution in [-0.4, -0.2) is 20.0 Å². The van der Waals surface area contributed by atoms with E-state index < -0.39 is 0 Å². The van der Waals surface area contributed by atoms with Crippen LogP contribution in [0.4, 0.5) is 0 Å². The highest BCUT2D eigenvalue weighted by atomic mass is 79.9. The van der Waals surface area contributed by atoms with Crippen molar-refractivity contribution in [2.75, 3.05) is 14.2 Å². The molecule has 0 unspecified atom stereocenters. The number of carbonyl (C=O) groups excluding carboxylic acids is 1. The lowest BCUT2D eigenvalue weighted by molar-refractivity contribution is 0.0993. The van der Waals surface area contributed by atoms with E-state index in [2.05, 4.69) is 22.5 Å². The molecular formula is C12H13BrO3. The second-order valence-electron chi connectivity index (χ2n) is 3.08. The van der Waals surface area contributed by atoms with Gasteiger partial charge in [0, 0.05) is 6.42 Å². The topological polar surface area (TPSA) is 35.5 Å². The Bertz CT molecular complexity index is 413. The number of ether oxygens (including phenoxy) is 2. The summed E-state index contributed by atoms with van der Waals surface area (Å²) in [6.07, 6.45) is 1.86. The largest absolute Gasteiger partial charge is 0.495 e. The predicted octanol–water partition coefficient (Wildman–Crippen LogP) is 3.23. The van der Waals surface area contributed by atoms with Crippen molar-refractivity contribution in [3.63, 3.8) is 0 Å². The molecule has 1 aromatic rings. The number of hydrogen-bond acceptors (Lipinski definition) is 3. The molecule has 86 valence electrons. The predicted molar refractivity (Wildman–Crippen MR) is 66.4 cm³/mol. The average molecular weight is 285 g/mol. The number of ketones is 1. The Morgan fingerprint density at radius 1 is 1.44 bits per heavy atom. The molecule has 0 aliphatic carbocycles.